The third-order valence-electron chi connectivity index (χ3n) is 4.70. The molecule has 0 aromatic heterocycles. The number of nitrogens with zero attached hydrogens (tertiary/aromatic N) is 1. The monoisotopic (exact) mass is 401 g/mol. The fourth-order valence-electron chi connectivity index (χ4n) is 3.18. The van der Waals surface area contributed by atoms with E-state index in [9.17, 15) is 9.18 Å². The number of hydrogen-bond acceptors (Lipinski definition) is 5. The number of halogens is 1. The predicted molar refractivity (Wildman–Crippen MR) is 111 cm³/mol. The van der Waals surface area contributed by atoms with E-state index in [-0.39, 0.29) is 5.82 Å². The molecule has 1 amide bonds. The minimum absolute atomic E-state index is 0.207. The Hall–Kier alpha value is -2.35. The first-order valence-corrected chi connectivity index (χ1v) is 10.2. The first-order chi connectivity index (χ1) is 13.7. The van der Waals surface area contributed by atoms with Crippen LogP contribution in [-0.2, 0) is 10.5 Å². The maximum absolute atomic E-state index is 12.9. The molecular weight excluding hydrogens is 377 g/mol. The van der Waals surface area contributed by atoms with Crippen molar-refractivity contribution in [3.05, 3.63) is 71.6 Å². The summed E-state index contributed by atoms with van der Waals surface area (Å²) in [7, 11) is 0. The molecule has 0 unspecified atom stereocenters. The highest BCUT2D eigenvalue weighted by Crippen LogP contribution is 2.26. The van der Waals surface area contributed by atoms with Gasteiger partial charge >= 0.3 is 0 Å². The molecule has 1 fully saturated rings. The number of piperidine rings is 1. The maximum atomic E-state index is 12.9. The van der Waals surface area contributed by atoms with Gasteiger partial charge in [0, 0.05) is 36.6 Å². The lowest BCUT2D eigenvalue weighted by Gasteiger charge is -2.34. The van der Waals surface area contributed by atoms with Gasteiger partial charge in [-0.2, -0.15) is 0 Å². The van der Waals surface area contributed by atoms with Crippen LogP contribution in [0.4, 0.5) is 10.1 Å². The molecule has 2 aromatic carbocycles. The van der Waals surface area contributed by atoms with Crippen molar-refractivity contribution in [1.82, 2.24) is 10.2 Å². The van der Waals surface area contributed by atoms with Crippen molar-refractivity contribution in [1.29, 1.82) is 0 Å². The third-order valence-corrected chi connectivity index (χ3v) is 5.68. The van der Waals surface area contributed by atoms with Crippen LogP contribution in [0.3, 0.4) is 0 Å². The highest BCUT2D eigenvalue weighted by molar-refractivity contribution is 7.96. The summed E-state index contributed by atoms with van der Waals surface area (Å²) in [5, 5.41) is 8.63. The molecule has 1 aliphatic rings. The molecule has 1 aliphatic heterocycles. The van der Waals surface area contributed by atoms with E-state index in [0.717, 1.165) is 48.5 Å². The van der Waals surface area contributed by atoms with Crippen LogP contribution in [0.15, 0.2) is 54.6 Å². The van der Waals surface area contributed by atoms with E-state index in [1.165, 1.54) is 18.2 Å². The van der Waals surface area contributed by atoms with Gasteiger partial charge in [-0.15, -0.1) is 0 Å². The minimum atomic E-state index is -0.545. The number of nitrogens with one attached hydrogen (secondary N) is 2. The van der Waals surface area contributed by atoms with Gasteiger partial charge in [-0.1, -0.05) is 42.3 Å². The van der Waals surface area contributed by atoms with E-state index in [4.69, 9.17) is 5.21 Å². The molecule has 7 heteroatoms. The normalized spacial score (nSPS) is 15.1. The first-order valence-electron chi connectivity index (χ1n) is 9.23. The molecule has 0 spiro atoms. The Labute approximate surface area is 168 Å². The molecule has 1 heterocycles. The molecule has 0 saturated carbocycles. The fraction of sp³-hybridized carbons (Fsp3) is 0.286. The van der Waals surface area contributed by atoms with Crippen LogP contribution < -0.4 is 15.1 Å². The summed E-state index contributed by atoms with van der Waals surface area (Å²) in [6, 6.07) is 15.0. The van der Waals surface area contributed by atoms with E-state index in [0.29, 0.717) is 6.04 Å². The largest absolute Gasteiger partial charge is 0.371 e. The second-order valence-electron chi connectivity index (χ2n) is 6.66. The summed E-state index contributed by atoms with van der Waals surface area (Å²) in [5.41, 5.74) is 4.74. The Bertz CT molecular complexity index is 806. The highest BCUT2D eigenvalue weighted by atomic mass is 32.2. The maximum Gasteiger partial charge on any atom is 0.267 e. The van der Waals surface area contributed by atoms with Gasteiger partial charge in [-0.25, -0.2) is 9.87 Å². The van der Waals surface area contributed by atoms with Crippen LogP contribution in [0.2, 0.25) is 0 Å². The van der Waals surface area contributed by atoms with Gasteiger partial charge < -0.3 is 4.90 Å². The molecule has 0 atom stereocenters. The Kier molecular flexibility index (Phi) is 7.47. The first kappa shape index (κ1) is 20.4. The second-order valence-corrected chi connectivity index (χ2v) is 7.48. The molecule has 1 saturated heterocycles. The Balaban J connectivity index is 1.49. The summed E-state index contributed by atoms with van der Waals surface area (Å²) in [5.74, 6) is 0.0539. The van der Waals surface area contributed by atoms with Gasteiger partial charge in [0.2, 0.25) is 0 Å². The van der Waals surface area contributed by atoms with Gasteiger partial charge in [-0.05, 0) is 48.2 Å². The molecule has 3 N–H and O–H groups in total. The van der Waals surface area contributed by atoms with Crippen molar-refractivity contribution in [3.63, 3.8) is 0 Å². The predicted octanol–water partition coefficient (Wildman–Crippen LogP) is 3.75. The molecule has 2 aromatic rings. The smallest absolute Gasteiger partial charge is 0.267 e. The summed E-state index contributed by atoms with van der Waals surface area (Å²) < 4.78 is 16.5. The summed E-state index contributed by atoms with van der Waals surface area (Å²) >= 11 is 1.66. The van der Waals surface area contributed by atoms with Crippen molar-refractivity contribution < 1.29 is 14.4 Å². The molecule has 0 aliphatic carbocycles. The zero-order chi connectivity index (χ0) is 19.8. The number of anilines is 1. The highest BCUT2D eigenvalue weighted by Gasteiger charge is 2.20. The minimum Gasteiger partial charge on any atom is -0.371 e. The third kappa shape index (κ3) is 5.82. The summed E-state index contributed by atoms with van der Waals surface area (Å²) in [6.07, 6.45) is 5.07. The number of hydroxylamine groups is 1. The summed E-state index contributed by atoms with van der Waals surface area (Å²) in [4.78, 5) is 13.6. The zero-order valence-corrected chi connectivity index (χ0v) is 16.3. The number of rotatable bonds is 7. The van der Waals surface area contributed by atoms with Crippen LogP contribution >= 0.6 is 11.9 Å². The molecule has 5 nitrogen and oxygen atoms in total. The van der Waals surface area contributed by atoms with E-state index in [1.54, 1.807) is 23.5 Å². The lowest BCUT2D eigenvalue weighted by molar-refractivity contribution is -0.124. The Morgan fingerprint density at radius 3 is 2.61 bits per heavy atom. The number of carbonyl (C=O) groups is 1. The quantitative estimate of drug-likeness (QED) is 0.285. The Morgan fingerprint density at radius 1 is 1.18 bits per heavy atom. The van der Waals surface area contributed by atoms with Crippen LogP contribution in [0.5, 0.6) is 0 Å². The number of benzene rings is 2. The van der Waals surface area contributed by atoms with E-state index < -0.39 is 5.91 Å². The lowest BCUT2D eigenvalue weighted by Crippen LogP contribution is -2.40. The Morgan fingerprint density at radius 2 is 1.89 bits per heavy atom. The second kappa shape index (κ2) is 10.3. The van der Waals surface area contributed by atoms with Crippen molar-refractivity contribution in [2.45, 2.75) is 24.6 Å². The molecule has 148 valence electrons. The van der Waals surface area contributed by atoms with Crippen LogP contribution in [0, 0.1) is 5.82 Å². The van der Waals surface area contributed by atoms with Crippen molar-refractivity contribution >= 4 is 29.6 Å². The van der Waals surface area contributed by atoms with Crippen LogP contribution in [-0.4, -0.2) is 30.2 Å². The zero-order valence-electron chi connectivity index (χ0n) is 15.5. The van der Waals surface area contributed by atoms with Gasteiger partial charge in [-0.3, -0.25) is 14.7 Å². The number of amides is 1. The van der Waals surface area contributed by atoms with Gasteiger partial charge in [0.15, 0.2) is 0 Å². The molecular formula is C21H24FN3O2S. The lowest BCUT2D eigenvalue weighted by atomic mass is 10.0. The van der Waals surface area contributed by atoms with Gasteiger partial charge in [0.1, 0.15) is 5.82 Å². The van der Waals surface area contributed by atoms with Crippen LogP contribution in [0.1, 0.15) is 24.0 Å². The van der Waals surface area contributed by atoms with Crippen molar-refractivity contribution in [2.24, 2.45) is 0 Å². The van der Waals surface area contributed by atoms with E-state index in [2.05, 4.69) is 9.62 Å². The number of para-hydroxylation sites is 1. The van der Waals surface area contributed by atoms with Crippen LogP contribution in [0.25, 0.3) is 6.08 Å². The van der Waals surface area contributed by atoms with E-state index >= 15 is 0 Å². The SMILES string of the molecule is O=C(/C=C/c1ccccc1N1CCC(NSCc2ccc(F)cc2)CC1)NO. The molecule has 0 bridgehead atoms. The van der Waals surface area contributed by atoms with E-state index in [1.807, 2.05) is 36.4 Å². The number of hydrogen-bond donors (Lipinski definition) is 3. The average molecular weight is 402 g/mol. The standard InChI is InChI=1S/C21H24FN3O2S/c22-18-8-5-16(6-9-18)15-28-24-19-11-13-25(14-12-19)20-4-2-1-3-17(20)7-10-21(26)23-27/h1-10,19,24,27H,11-15H2,(H,23,26)/b10-7+. The molecule has 3 rings (SSSR count). The fourth-order valence-corrected chi connectivity index (χ4v) is 4.09. The topological polar surface area (TPSA) is 64.6 Å². The molecule has 28 heavy (non-hydrogen) atoms. The average Bonchev–Trinajstić information content (AvgIpc) is 2.74. The number of carbonyl (C=O) groups excluding carboxylic acids is 1. The van der Waals surface area contributed by atoms with Gasteiger partial charge in [0.05, 0.1) is 0 Å². The van der Waals surface area contributed by atoms with Crippen molar-refractivity contribution in [3.8, 4) is 0 Å². The molecule has 0 radical (unpaired) electrons. The van der Waals surface area contributed by atoms with Crippen molar-refractivity contribution in [2.75, 3.05) is 18.0 Å². The summed E-state index contributed by atoms with van der Waals surface area (Å²) in [6.45, 7) is 1.84. The van der Waals surface area contributed by atoms with Gasteiger partial charge in [0.25, 0.3) is 5.91 Å².